The number of aliphatic imine (C=N–C) groups is 2. The molecule has 0 aliphatic carbocycles. The van der Waals surface area contributed by atoms with Crippen molar-refractivity contribution in [3.8, 4) is 0 Å². The van der Waals surface area contributed by atoms with E-state index in [1.165, 1.54) is 36.3 Å². The summed E-state index contributed by atoms with van der Waals surface area (Å²) in [6, 6.07) is 9.40. The number of nitrogens with zero attached hydrogens (tertiary/aromatic N) is 4. The van der Waals surface area contributed by atoms with E-state index in [1.807, 2.05) is 0 Å². The van der Waals surface area contributed by atoms with Gasteiger partial charge >= 0.3 is 5.92 Å². The highest BCUT2D eigenvalue weighted by Gasteiger charge is 2.50. The molecule has 1 aliphatic heterocycles. The molecule has 146 valence electrons. The van der Waals surface area contributed by atoms with E-state index in [0.29, 0.717) is 5.69 Å². The molecule has 28 heavy (non-hydrogen) atoms. The molecule has 0 radical (unpaired) electrons. The highest BCUT2D eigenvalue weighted by Crippen LogP contribution is 2.40. The Labute approximate surface area is 169 Å². The second kappa shape index (κ2) is 8.42. The first kappa shape index (κ1) is 20.5. The van der Waals surface area contributed by atoms with Gasteiger partial charge < -0.3 is 0 Å². The van der Waals surface area contributed by atoms with Crippen LogP contribution in [0, 0.1) is 0 Å². The Hall–Kier alpha value is -2.23. The number of hydrogen-bond acceptors (Lipinski definition) is 6. The quantitative estimate of drug-likeness (QED) is 0.739. The summed E-state index contributed by atoms with van der Waals surface area (Å²) in [7, 11) is 0. The molecular weight excluding hydrogens is 408 g/mol. The zero-order valence-electron chi connectivity index (χ0n) is 14.7. The molecule has 6 nitrogen and oxygen atoms in total. The number of carbonyl (C=O) groups excluding carboxylic acids is 1. The Morgan fingerprint density at radius 2 is 1.93 bits per heavy atom. The molecule has 3 heterocycles. The molecule has 0 saturated carbocycles. The van der Waals surface area contributed by atoms with Crippen LogP contribution in [0.2, 0.25) is 0 Å². The van der Waals surface area contributed by atoms with Crippen LogP contribution in [0.3, 0.4) is 0 Å². The van der Waals surface area contributed by atoms with Gasteiger partial charge in [-0.25, -0.2) is 0 Å². The highest BCUT2D eigenvalue weighted by molar-refractivity contribution is 7.98. The Morgan fingerprint density at radius 1 is 1.21 bits per heavy atom. The summed E-state index contributed by atoms with van der Waals surface area (Å²) in [5.74, 6) is -4.09. The summed E-state index contributed by atoms with van der Waals surface area (Å²) < 4.78 is 29.4. The normalized spacial score (nSPS) is 20.7. The number of pyridine rings is 2. The molecular formula is C18H16ClF2N5OS. The van der Waals surface area contributed by atoms with Crippen molar-refractivity contribution in [2.24, 2.45) is 9.98 Å². The molecule has 0 bridgehead atoms. The Bertz CT molecular complexity index is 897. The summed E-state index contributed by atoms with van der Waals surface area (Å²) in [5, 5.41) is 1.82. The standard InChI is InChI=1S/C18H16ClF2N5OS/c1-28-15(12-6-2-4-8-22-12)18(16(27)26-14(19)10-24-18)25-11-17(20,21)13-7-3-5-9-23-13/h2-10,15,25H,11H2,1H3. The number of hydrogen-bond donors (Lipinski definition) is 1. The van der Waals surface area contributed by atoms with Crippen LogP contribution in [0.15, 0.2) is 58.8 Å². The van der Waals surface area contributed by atoms with Crippen LogP contribution in [-0.4, -0.2) is 45.7 Å². The van der Waals surface area contributed by atoms with E-state index in [1.54, 1.807) is 36.7 Å². The largest absolute Gasteiger partial charge is 0.301 e. The number of thioether (sulfide) groups is 1. The van der Waals surface area contributed by atoms with Crippen LogP contribution in [0.25, 0.3) is 0 Å². The van der Waals surface area contributed by atoms with Crippen molar-refractivity contribution >= 4 is 40.7 Å². The maximum absolute atomic E-state index is 14.7. The second-order valence-corrected chi connectivity index (χ2v) is 7.24. The molecule has 1 amide bonds. The van der Waals surface area contributed by atoms with Crippen molar-refractivity contribution in [3.05, 3.63) is 60.2 Å². The molecule has 0 fully saturated rings. The second-order valence-electron chi connectivity index (χ2n) is 5.91. The van der Waals surface area contributed by atoms with Gasteiger partial charge in [-0.3, -0.25) is 25.1 Å². The summed E-state index contributed by atoms with van der Waals surface area (Å²) in [5.41, 5.74) is -1.68. The Kier molecular flexibility index (Phi) is 6.17. The Balaban J connectivity index is 1.96. The van der Waals surface area contributed by atoms with Gasteiger partial charge in [0.2, 0.25) is 5.66 Å². The van der Waals surface area contributed by atoms with Crippen molar-refractivity contribution in [2.45, 2.75) is 16.8 Å². The number of rotatable bonds is 7. The lowest BCUT2D eigenvalue weighted by Crippen LogP contribution is -2.57. The van der Waals surface area contributed by atoms with Crippen molar-refractivity contribution in [1.82, 2.24) is 15.3 Å². The molecule has 0 saturated heterocycles. The maximum atomic E-state index is 14.7. The predicted molar refractivity (Wildman–Crippen MR) is 106 cm³/mol. The van der Waals surface area contributed by atoms with E-state index < -0.39 is 35.0 Å². The smallest absolute Gasteiger partial charge is 0.277 e. The minimum Gasteiger partial charge on any atom is -0.277 e. The van der Waals surface area contributed by atoms with Crippen molar-refractivity contribution in [3.63, 3.8) is 0 Å². The molecule has 2 unspecified atom stereocenters. The van der Waals surface area contributed by atoms with E-state index in [-0.39, 0.29) is 5.17 Å². The summed E-state index contributed by atoms with van der Waals surface area (Å²) >= 11 is 7.04. The molecule has 2 atom stereocenters. The molecule has 1 aliphatic rings. The third kappa shape index (κ3) is 4.11. The molecule has 0 aromatic carbocycles. The number of aromatic nitrogens is 2. The average Bonchev–Trinajstić information content (AvgIpc) is 2.71. The molecule has 3 rings (SSSR count). The fraction of sp³-hybridized carbons (Fsp3) is 0.278. The van der Waals surface area contributed by atoms with E-state index in [0.717, 1.165) is 0 Å². The monoisotopic (exact) mass is 423 g/mol. The van der Waals surface area contributed by atoms with Gasteiger partial charge in [0.15, 0.2) is 5.17 Å². The number of amides is 1. The van der Waals surface area contributed by atoms with E-state index >= 15 is 0 Å². The van der Waals surface area contributed by atoms with Crippen LogP contribution < -0.4 is 5.32 Å². The summed E-state index contributed by atoms with van der Waals surface area (Å²) in [6.45, 7) is -0.871. The van der Waals surface area contributed by atoms with Gasteiger partial charge in [-0.1, -0.05) is 23.7 Å². The van der Waals surface area contributed by atoms with Gasteiger partial charge in [0.1, 0.15) is 5.69 Å². The van der Waals surface area contributed by atoms with Gasteiger partial charge in [-0.15, -0.1) is 0 Å². The van der Waals surface area contributed by atoms with E-state index in [9.17, 15) is 13.6 Å². The van der Waals surface area contributed by atoms with Crippen LogP contribution in [0.4, 0.5) is 8.78 Å². The fourth-order valence-corrected chi connectivity index (χ4v) is 3.86. The molecule has 0 spiro atoms. The first-order valence-corrected chi connectivity index (χ1v) is 9.87. The molecule has 2 aromatic rings. The van der Waals surface area contributed by atoms with Gasteiger partial charge in [-0.05, 0) is 30.5 Å². The van der Waals surface area contributed by atoms with E-state index in [2.05, 4.69) is 25.3 Å². The maximum Gasteiger partial charge on any atom is 0.301 e. The third-order valence-electron chi connectivity index (χ3n) is 4.10. The topological polar surface area (TPSA) is 79.6 Å². The first-order valence-electron chi connectivity index (χ1n) is 8.21. The average molecular weight is 424 g/mol. The van der Waals surface area contributed by atoms with Crippen LogP contribution in [-0.2, 0) is 10.7 Å². The lowest BCUT2D eigenvalue weighted by atomic mass is 10.00. The minimum absolute atomic E-state index is 0.111. The zero-order valence-corrected chi connectivity index (χ0v) is 16.3. The van der Waals surface area contributed by atoms with Gasteiger partial charge in [-0.2, -0.15) is 25.5 Å². The molecule has 2 aromatic heterocycles. The molecule has 10 heteroatoms. The number of alkyl halides is 2. The van der Waals surface area contributed by atoms with Gasteiger partial charge in [0.25, 0.3) is 5.91 Å². The van der Waals surface area contributed by atoms with Crippen molar-refractivity contribution in [1.29, 1.82) is 0 Å². The van der Waals surface area contributed by atoms with Gasteiger partial charge in [0.05, 0.1) is 23.7 Å². The number of halogens is 3. The predicted octanol–water partition coefficient (Wildman–Crippen LogP) is 3.21. The zero-order chi connectivity index (χ0) is 20.2. The van der Waals surface area contributed by atoms with Crippen LogP contribution in [0.1, 0.15) is 16.6 Å². The molecule has 1 N–H and O–H groups in total. The van der Waals surface area contributed by atoms with Crippen LogP contribution in [0.5, 0.6) is 0 Å². The lowest BCUT2D eigenvalue weighted by molar-refractivity contribution is -0.125. The third-order valence-corrected chi connectivity index (χ3v) is 5.34. The summed E-state index contributed by atoms with van der Waals surface area (Å²) in [6.07, 6.45) is 5.76. The van der Waals surface area contributed by atoms with Crippen molar-refractivity contribution in [2.75, 3.05) is 12.8 Å². The first-order chi connectivity index (χ1) is 13.4. The number of carbonyl (C=O) groups is 1. The van der Waals surface area contributed by atoms with E-state index in [4.69, 9.17) is 11.6 Å². The SMILES string of the molecule is CSC(c1ccccn1)C1(NCC(F)(F)c2ccccn2)N=CC(Cl)=NC1=O. The summed E-state index contributed by atoms with van der Waals surface area (Å²) in [4.78, 5) is 28.7. The number of nitrogens with one attached hydrogen (secondary N) is 1. The van der Waals surface area contributed by atoms with Crippen LogP contribution >= 0.6 is 23.4 Å². The minimum atomic E-state index is -3.33. The highest BCUT2D eigenvalue weighted by atomic mass is 35.5. The van der Waals surface area contributed by atoms with Crippen molar-refractivity contribution < 1.29 is 13.6 Å². The lowest BCUT2D eigenvalue weighted by Gasteiger charge is -2.36. The Morgan fingerprint density at radius 3 is 2.50 bits per heavy atom. The van der Waals surface area contributed by atoms with Gasteiger partial charge in [0, 0.05) is 12.4 Å². The fourth-order valence-electron chi connectivity index (χ4n) is 2.77.